The highest BCUT2D eigenvalue weighted by Crippen LogP contribution is 2.32. The molecule has 4 aromatic rings. The van der Waals surface area contributed by atoms with Gasteiger partial charge in [-0.2, -0.15) is 0 Å². The maximum Gasteiger partial charge on any atom is 0.271 e. The van der Waals surface area contributed by atoms with Gasteiger partial charge in [0.25, 0.3) is 10.9 Å². The highest BCUT2D eigenvalue weighted by Gasteiger charge is 2.24. The van der Waals surface area contributed by atoms with Gasteiger partial charge in [-0.3, -0.25) is 14.9 Å². The third-order valence-electron chi connectivity index (χ3n) is 5.77. The average Bonchev–Trinajstić information content (AvgIpc) is 2.87. The largest absolute Gasteiger partial charge is 0.502 e. The minimum absolute atomic E-state index is 0.174. The van der Waals surface area contributed by atoms with Crippen LogP contribution in [0, 0.1) is 17.5 Å². The normalized spacial score (nSPS) is 12.9. The summed E-state index contributed by atoms with van der Waals surface area (Å²) in [6.45, 7) is 1.73. The van der Waals surface area contributed by atoms with E-state index in [2.05, 4.69) is 10.6 Å². The van der Waals surface area contributed by atoms with E-state index in [-0.39, 0.29) is 16.9 Å². The molecule has 4 rings (SSSR count). The fourth-order valence-electron chi connectivity index (χ4n) is 3.77. The predicted molar refractivity (Wildman–Crippen MR) is 125 cm³/mol. The summed E-state index contributed by atoms with van der Waals surface area (Å²) in [5.41, 5.74) is -0.592. The third-order valence-corrected chi connectivity index (χ3v) is 5.77. The van der Waals surface area contributed by atoms with Crippen molar-refractivity contribution in [1.29, 1.82) is 0 Å². The fraction of sp³-hybridized carbons (Fsp3) is 0.154. The van der Waals surface area contributed by atoms with Crippen molar-refractivity contribution in [3.8, 4) is 11.5 Å². The number of ether oxygens (including phenoxy) is 1. The molecule has 0 radical (unpaired) electrons. The number of rotatable bonds is 8. The van der Waals surface area contributed by atoms with Crippen molar-refractivity contribution in [2.45, 2.75) is 19.0 Å². The van der Waals surface area contributed by atoms with Crippen LogP contribution < -0.4 is 26.2 Å². The van der Waals surface area contributed by atoms with Crippen LogP contribution in [0.4, 0.5) is 24.5 Å². The van der Waals surface area contributed by atoms with E-state index in [4.69, 9.17) is 4.74 Å². The van der Waals surface area contributed by atoms with Crippen LogP contribution in [0.15, 0.2) is 70.3 Å². The van der Waals surface area contributed by atoms with Crippen LogP contribution in [0.3, 0.4) is 0 Å². The van der Waals surface area contributed by atoms with Crippen molar-refractivity contribution in [1.82, 2.24) is 5.32 Å². The monoisotopic (exact) mass is 482 g/mol. The number of halogens is 3. The van der Waals surface area contributed by atoms with Crippen LogP contribution in [0.2, 0.25) is 0 Å². The van der Waals surface area contributed by atoms with Gasteiger partial charge in [0, 0.05) is 17.3 Å². The molecule has 0 aromatic heterocycles. The predicted octanol–water partition coefficient (Wildman–Crippen LogP) is 4.60. The second-order valence-electron chi connectivity index (χ2n) is 8.01. The molecule has 0 amide bonds. The number of hydrogen-bond donors (Lipinski definition) is 3. The molecule has 0 saturated carbocycles. The minimum Gasteiger partial charge on any atom is -0.502 e. The summed E-state index contributed by atoms with van der Waals surface area (Å²) in [5.74, 6) is -2.64. The number of anilines is 2. The van der Waals surface area contributed by atoms with Crippen LogP contribution in [0.5, 0.6) is 11.5 Å². The van der Waals surface area contributed by atoms with Crippen LogP contribution in [0.1, 0.15) is 35.7 Å². The second kappa shape index (κ2) is 9.63. The van der Waals surface area contributed by atoms with Gasteiger partial charge in [-0.1, -0.05) is 18.2 Å². The SMILES string of the molecule is COc1ccc(C(NC(C)c2ccc(F)c(F)c2)c2cc(Nc3c(O)c(=O)c3=O)ccc2F)cc1. The molecule has 0 aliphatic carbocycles. The Hall–Kier alpha value is -4.11. The van der Waals surface area contributed by atoms with Gasteiger partial charge in [0.1, 0.15) is 17.3 Å². The Morgan fingerprint density at radius 1 is 0.829 bits per heavy atom. The van der Waals surface area contributed by atoms with Gasteiger partial charge < -0.3 is 15.2 Å². The first-order valence-corrected chi connectivity index (χ1v) is 10.6. The summed E-state index contributed by atoms with van der Waals surface area (Å²) >= 11 is 0. The molecule has 180 valence electrons. The molecule has 0 aliphatic heterocycles. The number of nitrogens with one attached hydrogen (secondary N) is 2. The third kappa shape index (κ3) is 4.76. The van der Waals surface area contributed by atoms with Gasteiger partial charge in [-0.05, 0) is 60.5 Å². The van der Waals surface area contributed by atoms with Crippen molar-refractivity contribution < 1.29 is 23.0 Å². The van der Waals surface area contributed by atoms with Gasteiger partial charge in [0.2, 0.25) is 0 Å². The number of hydrogen-bond acceptors (Lipinski definition) is 6. The maximum absolute atomic E-state index is 15.1. The van der Waals surface area contributed by atoms with Crippen LogP contribution in [-0.4, -0.2) is 12.2 Å². The van der Waals surface area contributed by atoms with Crippen molar-refractivity contribution >= 4 is 11.4 Å². The Bertz CT molecular complexity index is 1450. The van der Waals surface area contributed by atoms with E-state index in [1.165, 1.54) is 31.4 Å². The van der Waals surface area contributed by atoms with Crippen molar-refractivity contribution in [2.75, 3.05) is 12.4 Å². The van der Waals surface area contributed by atoms with E-state index in [0.717, 1.165) is 12.1 Å². The summed E-state index contributed by atoms with van der Waals surface area (Å²) in [5, 5.41) is 15.5. The smallest absolute Gasteiger partial charge is 0.271 e. The standard InChI is InChI=1S/C26H21F3N2O4/c1-13(15-5-9-20(28)21(29)11-15)30-22(14-3-7-17(35-2)8-4-14)18-12-16(6-10-19(18)27)31-23-24(32)26(34)25(23)33/h3-13,22,30-32H,1-2H3. The maximum atomic E-state index is 15.1. The van der Waals surface area contributed by atoms with Gasteiger partial charge in [-0.25, -0.2) is 13.2 Å². The molecule has 3 N–H and O–H groups in total. The number of benzene rings is 3. The molecule has 0 saturated heterocycles. The highest BCUT2D eigenvalue weighted by molar-refractivity contribution is 5.69. The van der Waals surface area contributed by atoms with Gasteiger partial charge in [-0.15, -0.1) is 0 Å². The minimum atomic E-state index is -0.998. The van der Waals surface area contributed by atoms with E-state index in [9.17, 15) is 23.5 Å². The molecule has 0 spiro atoms. The fourth-order valence-corrected chi connectivity index (χ4v) is 3.77. The van der Waals surface area contributed by atoms with Gasteiger partial charge in [0.15, 0.2) is 17.4 Å². The van der Waals surface area contributed by atoms with E-state index >= 15 is 4.39 Å². The lowest BCUT2D eigenvalue weighted by Crippen LogP contribution is -2.32. The lowest BCUT2D eigenvalue weighted by atomic mass is 9.95. The van der Waals surface area contributed by atoms with Gasteiger partial charge in [0.05, 0.1) is 13.2 Å². The molecule has 6 nitrogen and oxygen atoms in total. The highest BCUT2D eigenvalue weighted by atomic mass is 19.2. The quantitative estimate of drug-likeness (QED) is 0.318. The summed E-state index contributed by atoms with van der Waals surface area (Å²) in [6, 6.07) is 13.1. The molecule has 0 bridgehead atoms. The molecule has 0 aliphatic rings. The molecule has 2 unspecified atom stereocenters. The molecule has 35 heavy (non-hydrogen) atoms. The van der Waals surface area contributed by atoms with Crippen LogP contribution in [0.25, 0.3) is 0 Å². The zero-order valence-electron chi connectivity index (χ0n) is 18.7. The van der Waals surface area contributed by atoms with Crippen LogP contribution in [-0.2, 0) is 0 Å². The Morgan fingerprint density at radius 3 is 2.11 bits per heavy atom. The molecule has 0 heterocycles. The number of methoxy groups -OCH3 is 1. The summed E-state index contributed by atoms with van der Waals surface area (Å²) in [6.07, 6.45) is 0. The van der Waals surface area contributed by atoms with E-state index in [0.29, 0.717) is 16.9 Å². The number of aromatic hydroxyl groups is 1. The van der Waals surface area contributed by atoms with E-state index in [1.807, 2.05) is 0 Å². The lowest BCUT2D eigenvalue weighted by Gasteiger charge is -2.26. The van der Waals surface area contributed by atoms with E-state index < -0.39 is 46.1 Å². The summed E-state index contributed by atoms with van der Waals surface area (Å²) < 4.78 is 47.5. The Labute approximate surface area is 198 Å². The molecule has 9 heteroatoms. The average molecular weight is 482 g/mol. The van der Waals surface area contributed by atoms with Crippen molar-refractivity contribution in [3.05, 3.63) is 115 Å². The summed E-state index contributed by atoms with van der Waals surface area (Å²) in [4.78, 5) is 23.0. The first-order chi connectivity index (χ1) is 16.7. The first-order valence-electron chi connectivity index (χ1n) is 10.6. The first kappa shape index (κ1) is 24.0. The van der Waals surface area contributed by atoms with Crippen molar-refractivity contribution in [2.24, 2.45) is 0 Å². The zero-order chi connectivity index (χ0) is 25.3. The Balaban J connectivity index is 1.73. The Kier molecular flexibility index (Phi) is 6.61. The molecule has 0 fully saturated rings. The zero-order valence-corrected chi connectivity index (χ0v) is 18.7. The molecule has 4 aromatic carbocycles. The van der Waals surface area contributed by atoms with Gasteiger partial charge >= 0.3 is 0 Å². The van der Waals surface area contributed by atoms with Crippen LogP contribution >= 0.6 is 0 Å². The second-order valence-corrected chi connectivity index (χ2v) is 8.01. The van der Waals surface area contributed by atoms with E-state index in [1.54, 1.807) is 31.2 Å². The molecule has 2 atom stereocenters. The molecular formula is C26H21F3N2O4. The lowest BCUT2D eigenvalue weighted by molar-refractivity contribution is 0.414. The summed E-state index contributed by atoms with van der Waals surface area (Å²) in [7, 11) is 1.52. The molecular weight excluding hydrogens is 461 g/mol. The topological polar surface area (TPSA) is 87.7 Å². The Morgan fingerprint density at radius 2 is 1.49 bits per heavy atom. The van der Waals surface area contributed by atoms with Crippen molar-refractivity contribution in [3.63, 3.8) is 0 Å².